The number of hydrogen-bond donors (Lipinski definition) is 1. The van der Waals surface area contributed by atoms with E-state index in [0.29, 0.717) is 5.82 Å². The minimum Gasteiger partial charge on any atom is -0.367 e. The van der Waals surface area contributed by atoms with Gasteiger partial charge in [0.1, 0.15) is 5.69 Å². The second-order valence-electron chi connectivity index (χ2n) is 5.85. The van der Waals surface area contributed by atoms with Crippen LogP contribution < -0.4 is 9.62 Å². The molecule has 126 valence electrons. The zero-order valence-electron chi connectivity index (χ0n) is 14.0. The van der Waals surface area contributed by atoms with Gasteiger partial charge in [-0.2, -0.15) is 0 Å². The second kappa shape index (κ2) is 7.21. The van der Waals surface area contributed by atoms with E-state index in [1.165, 1.54) is 16.1 Å². The number of nitrogens with zero attached hydrogens (tertiary/aromatic N) is 4. The van der Waals surface area contributed by atoms with Crippen molar-refractivity contribution in [3.63, 3.8) is 0 Å². The molecule has 0 bridgehead atoms. The van der Waals surface area contributed by atoms with Crippen molar-refractivity contribution in [2.75, 3.05) is 18.5 Å². The molecule has 3 aromatic rings. The van der Waals surface area contributed by atoms with Crippen molar-refractivity contribution in [1.82, 2.24) is 19.7 Å². The van der Waals surface area contributed by atoms with E-state index in [4.69, 9.17) is 4.98 Å². The van der Waals surface area contributed by atoms with E-state index in [2.05, 4.69) is 43.9 Å². The summed E-state index contributed by atoms with van der Waals surface area (Å²) in [4.78, 5) is 17.2. The van der Waals surface area contributed by atoms with Crippen LogP contribution >= 0.6 is 11.9 Å². The van der Waals surface area contributed by atoms with Crippen LogP contribution in [0.1, 0.15) is 11.3 Å². The molecule has 2 aromatic heterocycles. The van der Waals surface area contributed by atoms with Gasteiger partial charge < -0.3 is 4.90 Å². The van der Waals surface area contributed by atoms with Gasteiger partial charge in [0, 0.05) is 48.1 Å². The summed E-state index contributed by atoms with van der Waals surface area (Å²) in [6.07, 6.45) is 4.64. The summed E-state index contributed by atoms with van der Waals surface area (Å²) in [5.41, 5.74) is 4.39. The molecule has 0 saturated heterocycles. The summed E-state index contributed by atoms with van der Waals surface area (Å²) in [5.74, 6) is 0.709. The average molecular weight is 349 g/mol. The van der Waals surface area contributed by atoms with Gasteiger partial charge in [-0.25, -0.2) is 9.97 Å². The molecular formula is C19H19N5S. The van der Waals surface area contributed by atoms with E-state index in [9.17, 15) is 0 Å². The molecule has 6 heteroatoms. The van der Waals surface area contributed by atoms with E-state index in [1.807, 2.05) is 31.4 Å². The molecule has 0 spiro atoms. The molecule has 0 aliphatic carbocycles. The molecule has 0 saturated carbocycles. The van der Waals surface area contributed by atoms with Crippen LogP contribution in [0.2, 0.25) is 0 Å². The number of rotatable bonds is 4. The Hall–Kier alpha value is -2.44. The van der Waals surface area contributed by atoms with Gasteiger partial charge in [0.05, 0.1) is 5.69 Å². The van der Waals surface area contributed by atoms with Crippen LogP contribution in [0.5, 0.6) is 0 Å². The number of benzene rings is 1. The van der Waals surface area contributed by atoms with E-state index in [1.54, 1.807) is 18.1 Å². The highest BCUT2D eigenvalue weighted by molar-refractivity contribution is 7.97. The Balaban J connectivity index is 1.53. The predicted octanol–water partition coefficient (Wildman–Crippen LogP) is 3.33. The lowest BCUT2D eigenvalue weighted by Crippen LogP contribution is -2.31. The summed E-state index contributed by atoms with van der Waals surface area (Å²) in [6, 6.07) is 14.4. The number of anilines is 1. The Morgan fingerprint density at radius 3 is 2.72 bits per heavy atom. The lowest BCUT2D eigenvalue weighted by Gasteiger charge is -2.30. The largest absolute Gasteiger partial charge is 0.367 e. The van der Waals surface area contributed by atoms with Gasteiger partial charge in [0.15, 0.2) is 5.82 Å². The molecule has 1 N–H and O–H groups in total. The highest BCUT2D eigenvalue weighted by Gasteiger charge is 2.19. The summed E-state index contributed by atoms with van der Waals surface area (Å²) < 4.78 is 3.10. The minimum atomic E-state index is 0.709. The van der Waals surface area contributed by atoms with Crippen LogP contribution in [0.25, 0.3) is 11.5 Å². The maximum absolute atomic E-state index is 4.74. The number of aromatic nitrogens is 3. The number of nitrogens with one attached hydrogen (secondary N) is 1. The van der Waals surface area contributed by atoms with Crippen LogP contribution in [0.3, 0.4) is 0 Å². The summed E-state index contributed by atoms with van der Waals surface area (Å²) >= 11 is 1.62. The molecule has 0 radical (unpaired) electrons. The van der Waals surface area contributed by atoms with Gasteiger partial charge in [0.25, 0.3) is 0 Å². The first kappa shape index (κ1) is 16.1. The van der Waals surface area contributed by atoms with Crippen LogP contribution in [0.4, 0.5) is 5.69 Å². The maximum Gasteiger partial charge on any atom is 0.178 e. The molecular weight excluding hydrogens is 330 g/mol. The Labute approximate surface area is 151 Å². The molecule has 5 nitrogen and oxygen atoms in total. The quantitative estimate of drug-likeness (QED) is 0.729. The zero-order chi connectivity index (χ0) is 17.1. The van der Waals surface area contributed by atoms with E-state index in [0.717, 1.165) is 30.9 Å². The molecule has 1 aliphatic heterocycles. The third-order valence-electron chi connectivity index (χ3n) is 4.25. The normalized spacial score (nSPS) is 13.6. The molecule has 0 fully saturated rings. The fourth-order valence-corrected chi connectivity index (χ4v) is 3.51. The lowest BCUT2D eigenvalue weighted by molar-refractivity contribution is 0.706. The van der Waals surface area contributed by atoms with E-state index < -0.39 is 0 Å². The summed E-state index contributed by atoms with van der Waals surface area (Å²) in [5, 5.41) is 0. The van der Waals surface area contributed by atoms with E-state index >= 15 is 0 Å². The Morgan fingerprint density at radius 2 is 1.96 bits per heavy atom. The summed E-state index contributed by atoms with van der Waals surface area (Å²) in [6.45, 7) is 1.81. The van der Waals surface area contributed by atoms with Gasteiger partial charge >= 0.3 is 0 Å². The van der Waals surface area contributed by atoms with Gasteiger partial charge in [-0.05, 0) is 55.4 Å². The zero-order valence-corrected chi connectivity index (χ0v) is 14.8. The van der Waals surface area contributed by atoms with Crippen LogP contribution in [0, 0.1) is 0 Å². The SMILES string of the molecule is CNSc1ccc(N2CCc3nc(-c4ccccn4)ncc3C2)cc1. The smallest absolute Gasteiger partial charge is 0.178 e. The molecule has 3 heterocycles. The standard InChI is InChI=1S/C19H19N5S/c1-20-25-16-7-5-15(6-8-16)24-11-9-17-14(13-24)12-22-19(23-17)18-4-2-3-10-21-18/h2-8,10,12,20H,9,11,13H2,1H3. The fourth-order valence-electron chi connectivity index (χ4n) is 3.00. The first-order valence-corrected chi connectivity index (χ1v) is 9.10. The van der Waals surface area contributed by atoms with Crippen molar-refractivity contribution in [2.24, 2.45) is 0 Å². The third kappa shape index (κ3) is 3.50. The van der Waals surface area contributed by atoms with Gasteiger partial charge in [-0.1, -0.05) is 6.07 Å². The van der Waals surface area contributed by atoms with Crippen LogP contribution in [-0.4, -0.2) is 28.5 Å². The first-order chi connectivity index (χ1) is 12.3. The first-order valence-electron chi connectivity index (χ1n) is 8.28. The van der Waals surface area contributed by atoms with Crippen molar-refractivity contribution in [2.45, 2.75) is 17.9 Å². The fraction of sp³-hybridized carbons (Fsp3) is 0.211. The van der Waals surface area contributed by atoms with Crippen molar-refractivity contribution in [1.29, 1.82) is 0 Å². The number of hydrogen-bond acceptors (Lipinski definition) is 6. The second-order valence-corrected chi connectivity index (χ2v) is 6.94. The minimum absolute atomic E-state index is 0.709. The summed E-state index contributed by atoms with van der Waals surface area (Å²) in [7, 11) is 1.93. The van der Waals surface area contributed by atoms with Crippen molar-refractivity contribution < 1.29 is 0 Å². The maximum atomic E-state index is 4.74. The van der Waals surface area contributed by atoms with Crippen LogP contribution in [-0.2, 0) is 13.0 Å². The highest BCUT2D eigenvalue weighted by Crippen LogP contribution is 2.26. The Morgan fingerprint density at radius 1 is 1.08 bits per heavy atom. The average Bonchev–Trinajstić information content (AvgIpc) is 2.69. The molecule has 1 aliphatic rings. The number of pyridine rings is 1. The lowest BCUT2D eigenvalue weighted by atomic mass is 10.1. The van der Waals surface area contributed by atoms with Crippen molar-refractivity contribution >= 4 is 17.6 Å². The Bertz CT molecular complexity index is 851. The highest BCUT2D eigenvalue weighted by atomic mass is 32.2. The van der Waals surface area contributed by atoms with Crippen molar-refractivity contribution in [3.8, 4) is 11.5 Å². The molecule has 0 unspecified atom stereocenters. The van der Waals surface area contributed by atoms with Gasteiger partial charge in [0.2, 0.25) is 0 Å². The van der Waals surface area contributed by atoms with Crippen molar-refractivity contribution in [3.05, 3.63) is 66.1 Å². The molecule has 25 heavy (non-hydrogen) atoms. The molecule has 1 aromatic carbocycles. The van der Waals surface area contributed by atoms with E-state index in [-0.39, 0.29) is 0 Å². The monoisotopic (exact) mass is 349 g/mol. The molecule has 4 rings (SSSR count). The van der Waals surface area contributed by atoms with Gasteiger partial charge in [-0.15, -0.1) is 0 Å². The number of fused-ring (bicyclic) bond motifs is 1. The third-order valence-corrected chi connectivity index (χ3v) is 4.96. The topological polar surface area (TPSA) is 53.9 Å². The van der Waals surface area contributed by atoms with Gasteiger partial charge in [-0.3, -0.25) is 9.71 Å². The van der Waals surface area contributed by atoms with Crippen LogP contribution in [0.15, 0.2) is 59.8 Å². The molecule has 0 amide bonds. The predicted molar refractivity (Wildman–Crippen MR) is 101 cm³/mol. The molecule has 0 atom stereocenters. The Kier molecular flexibility index (Phi) is 4.63.